The maximum Gasteiger partial charge on any atom is 0.339 e. The Hall–Kier alpha value is -2.92. The van der Waals surface area contributed by atoms with Gasteiger partial charge in [0, 0.05) is 22.6 Å². The van der Waals surface area contributed by atoms with Gasteiger partial charge in [-0.25, -0.2) is 4.79 Å². The first kappa shape index (κ1) is 18.9. The van der Waals surface area contributed by atoms with E-state index in [0.29, 0.717) is 27.2 Å². The van der Waals surface area contributed by atoms with Gasteiger partial charge in [0.25, 0.3) is 5.91 Å². The Morgan fingerprint density at radius 1 is 1.15 bits per heavy atom. The van der Waals surface area contributed by atoms with Crippen LogP contribution in [0.3, 0.4) is 0 Å². The molecule has 0 unspecified atom stereocenters. The summed E-state index contributed by atoms with van der Waals surface area (Å²) in [7, 11) is 0. The summed E-state index contributed by atoms with van der Waals surface area (Å²) in [5.74, 6) is -0.949. The minimum absolute atomic E-state index is 0.262. The van der Waals surface area contributed by atoms with Gasteiger partial charge in [0.1, 0.15) is 0 Å². The second-order valence-electron chi connectivity index (χ2n) is 6.19. The fourth-order valence-corrected chi connectivity index (χ4v) is 2.92. The van der Waals surface area contributed by atoms with Crippen LogP contribution in [-0.4, -0.2) is 23.0 Å². The highest BCUT2D eigenvalue weighted by Crippen LogP contribution is 2.20. The molecule has 0 aliphatic rings. The largest absolute Gasteiger partial charge is 0.449 e. The summed E-state index contributed by atoms with van der Waals surface area (Å²) in [6.07, 6.45) is -0.938. The molecule has 0 saturated carbocycles. The van der Waals surface area contributed by atoms with Crippen molar-refractivity contribution in [1.82, 2.24) is 10.3 Å². The predicted octanol–water partition coefficient (Wildman–Crippen LogP) is 4.06. The lowest BCUT2D eigenvalue weighted by molar-refractivity contribution is -0.129. The summed E-state index contributed by atoms with van der Waals surface area (Å²) in [4.78, 5) is 29.3. The number of aryl methyl sites for hydroxylation is 1. The number of para-hydroxylation sites is 1. The number of hydrogen-bond donors (Lipinski definition) is 1. The minimum atomic E-state index is -0.938. The molecule has 3 aromatic rings. The van der Waals surface area contributed by atoms with Crippen LogP contribution < -0.4 is 5.32 Å². The number of benzene rings is 2. The highest BCUT2D eigenvalue weighted by Gasteiger charge is 2.21. The molecule has 1 aromatic heterocycles. The van der Waals surface area contributed by atoms with Crippen molar-refractivity contribution < 1.29 is 14.3 Å². The number of carbonyl (C=O) groups is 2. The second-order valence-corrected chi connectivity index (χ2v) is 6.59. The molecule has 6 heteroatoms. The predicted molar refractivity (Wildman–Crippen MR) is 105 cm³/mol. The van der Waals surface area contributed by atoms with E-state index in [0.717, 1.165) is 5.56 Å². The van der Waals surface area contributed by atoms with E-state index >= 15 is 0 Å². The second kappa shape index (κ2) is 8.18. The SMILES string of the molecule is Cc1cc(C(=O)O[C@@H](C)C(=O)NCc2ccccc2Cl)c2ccccc2n1. The number of rotatable bonds is 5. The summed E-state index contributed by atoms with van der Waals surface area (Å²) in [5.41, 5.74) is 2.60. The quantitative estimate of drug-likeness (QED) is 0.676. The zero-order valence-corrected chi connectivity index (χ0v) is 15.8. The van der Waals surface area contributed by atoms with Gasteiger partial charge in [-0.15, -0.1) is 0 Å². The number of amides is 1. The number of pyridine rings is 1. The van der Waals surface area contributed by atoms with Crippen LogP contribution in [0, 0.1) is 6.92 Å². The van der Waals surface area contributed by atoms with Crippen LogP contribution in [0.25, 0.3) is 10.9 Å². The first-order valence-electron chi connectivity index (χ1n) is 8.54. The highest BCUT2D eigenvalue weighted by molar-refractivity contribution is 6.31. The fourth-order valence-electron chi connectivity index (χ4n) is 2.72. The lowest BCUT2D eigenvalue weighted by atomic mass is 10.1. The van der Waals surface area contributed by atoms with Crippen LogP contribution in [0.1, 0.15) is 28.5 Å². The van der Waals surface area contributed by atoms with Crippen molar-refractivity contribution in [2.75, 3.05) is 0 Å². The topological polar surface area (TPSA) is 68.3 Å². The van der Waals surface area contributed by atoms with E-state index in [1.54, 1.807) is 18.2 Å². The van der Waals surface area contributed by atoms with Gasteiger partial charge in [0.05, 0.1) is 11.1 Å². The third-order valence-corrected chi connectivity index (χ3v) is 4.50. The average molecular weight is 383 g/mol. The van der Waals surface area contributed by atoms with Gasteiger partial charge in [-0.3, -0.25) is 9.78 Å². The molecule has 2 aromatic carbocycles. The van der Waals surface area contributed by atoms with Gasteiger partial charge < -0.3 is 10.1 Å². The van der Waals surface area contributed by atoms with E-state index in [1.807, 2.05) is 43.3 Å². The van der Waals surface area contributed by atoms with Gasteiger partial charge in [-0.05, 0) is 37.6 Å². The van der Waals surface area contributed by atoms with Crippen LogP contribution in [0.5, 0.6) is 0 Å². The van der Waals surface area contributed by atoms with Crippen molar-refractivity contribution in [3.8, 4) is 0 Å². The molecular formula is C21H19ClN2O3. The van der Waals surface area contributed by atoms with Crippen LogP contribution in [-0.2, 0) is 16.1 Å². The number of ether oxygens (including phenoxy) is 1. The summed E-state index contributed by atoms with van der Waals surface area (Å²) in [5, 5.41) is 3.99. The Balaban J connectivity index is 1.69. The molecular weight excluding hydrogens is 364 g/mol. The first-order valence-corrected chi connectivity index (χ1v) is 8.92. The zero-order valence-electron chi connectivity index (χ0n) is 15.0. The highest BCUT2D eigenvalue weighted by atomic mass is 35.5. The van der Waals surface area contributed by atoms with Gasteiger partial charge in [-0.2, -0.15) is 0 Å². The smallest absolute Gasteiger partial charge is 0.339 e. The molecule has 27 heavy (non-hydrogen) atoms. The van der Waals surface area contributed by atoms with Crippen molar-refractivity contribution in [2.24, 2.45) is 0 Å². The normalized spacial score (nSPS) is 11.8. The Labute approximate surface area is 162 Å². The van der Waals surface area contributed by atoms with Crippen molar-refractivity contribution >= 4 is 34.4 Å². The van der Waals surface area contributed by atoms with Gasteiger partial charge in [-0.1, -0.05) is 48.0 Å². The van der Waals surface area contributed by atoms with Crippen LogP contribution in [0.2, 0.25) is 5.02 Å². The molecule has 3 rings (SSSR count). The standard InChI is InChI=1S/C21H19ClN2O3/c1-13-11-17(16-8-4-6-10-19(16)24-13)21(26)27-14(2)20(25)23-12-15-7-3-5-9-18(15)22/h3-11,14H,12H2,1-2H3,(H,23,25)/t14-/m0/s1. The number of hydrogen-bond acceptors (Lipinski definition) is 4. The molecule has 1 atom stereocenters. The third-order valence-electron chi connectivity index (χ3n) is 4.13. The summed E-state index contributed by atoms with van der Waals surface area (Å²) in [6, 6.07) is 16.2. The lowest BCUT2D eigenvalue weighted by Crippen LogP contribution is -2.35. The summed E-state index contributed by atoms with van der Waals surface area (Å²) in [6.45, 7) is 3.61. The Morgan fingerprint density at radius 3 is 2.63 bits per heavy atom. The summed E-state index contributed by atoms with van der Waals surface area (Å²) >= 11 is 6.08. The molecule has 1 heterocycles. The average Bonchev–Trinajstić information content (AvgIpc) is 2.66. The number of fused-ring (bicyclic) bond motifs is 1. The Bertz CT molecular complexity index is 1000. The molecule has 1 amide bonds. The Morgan fingerprint density at radius 2 is 1.85 bits per heavy atom. The van der Waals surface area contributed by atoms with E-state index in [-0.39, 0.29) is 6.54 Å². The number of aromatic nitrogens is 1. The Kier molecular flexibility index (Phi) is 5.72. The van der Waals surface area contributed by atoms with Gasteiger partial charge >= 0.3 is 5.97 Å². The number of nitrogens with zero attached hydrogens (tertiary/aromatic N) is 1. The maximum absolute atomic E-state index is 12.6. The van der Waals surface area contributed by atoms with Crippen LogP contribution in [0.15, 0.2) is 54.6 Å². The van der Waals surface area contributed by atoms with E-state index < -0.39 is 18.0 Å². The first-order chi connectivity index (χ1) is 13.0. The number of carbonyl (C=O) groups excluding carboxylic acids is 2. The molecule has 0 spiro atoms. The van der Waals surface area contributed by atoms with E-state index in [2.05, 4.69) is 10.3 Å². The third kappa shape index (κ3) is 4.44. The zero-order chi connectivity index (χ0) is 19.4. The molecule has 0 aliphatic heterocycles. The fraction of sp³-hybridized carbons (Fsp3) is 0.190. The minimum Gasteiger partial charge on any atom is -0.449 e. The maximum atomic E-state index is 12.6. The molecule has 0 aliphatic carbocycles. The molecule has 0 fully saturated rings. The van der Waals surface area contributed by atoms with E-state index in [1.165, 1.54) is 6.92 Å². The number of esters is 1. The number of nitrogens with one attached hydrogen (secondary N) is 1. The van der Waals surface area contributed by atoms with Crippen molar-refractivity contribution in [1.29, 1.82) is 0 Å². The monoisotopic (exact) mass is 382 g/mol. The molecule has 5 nitrogen and oxygen atoms in total. The van der Waals surface area contributed by atoms with Crippen molar-refractivity contribution in [2.45, 2.75) is 26.5 Å². The number of halogens is 1. The van der Waals surface area contributed by atoms with Crippen molar-refractivity contribution in [3.63, 3.8) is 0 Å². The molecule has 138 valence electrons. The van der Waals surface area contributed by atoms with Crippen LogP contribution >= 0.6 is 11.6 Å². The van der Waals surface area contributed by atoms with E-state index in [9.17, 15) is 9.59 Å². The van der Waals surface area contributed by atoms with Crippen molar-refractivity contribution in [3.05, 3.63) is 76.4 Å². The summed E-state index contributed by atoms with van der Waals surface area (Å²) < 4.78 is 5.37. The molecule has 0 bridgehead atoms. The lowest BCUT2D eigenvalue weighted by Gasteiger charge is -2.15. The van der Waals surface area contributed by atoms with E-state index in [4.69, 9.17) is 16.3 Å². The molecule has 0 radical (unpaired) electrons. The van der Waals surface area contributed by atoms with Crippen LogP contribution in [0.4, 0.5) is 0 Å². The molecule has 1 N–H and O–H groups in total. The van der Waals surface area contributed by atoms with Gasteiger partial charge in [0.15, 0.2) is 6.10 Å². The van der Waals surface area contributed by atoms with Gasteiger partial charge in [0.2, 0.25) is 0 Å². The molecule has 0 saturated heterocycles.